The van der Waals surface area contributed by atoms with Gasteiger partial charge >= 0.3 is 0 Å². The average Bonchev–Trinajstić information content (AvgIpc) is 3.00. The Morgan fingerprint density at radius 3 is 2.86 bits per heavy atom. The topological polar surface area (TPSA) is 53.6 Å². The summed E-state index contributed by atoms with van der Waals surface area (Å²) >= 11 is 0. The highest BCUT2D eigenvalue weighted by Gasteiger charge is 2.07. The molecule has 0 aliphatic heterocycles. The number of benzene rings is 1. The first-order valence-corrected chi connectivity index (χ1v) is 7.12. The molecule has 0 radical (unpaired) electrons. The molecule has 2 aromatic heterocycles. The minimum atomic E-state index is -0.169. The van der Waals surface area contributed by atoms with Gasteiger partial charge in [0.2, 0.25) is 0 Å². The van der Waals surface area contributed by atoms with Crippen molar-refractivity contribution in [2.75, 3.05) is 0 Å². The number of pyridine rings is 1. The maximum Gasteiger partial charge on any atom is 0.126 e. The fraction of sp³-hybridized carbons (Fsp3) is 0.176. The number of H-pyrrole nitrogens is 1. The van der Waals surface area contributed by atoms with Crippen molar-refractivity contribution in [1.82, 2.24) is 20.5 Å². The van der Waals surface area contributed by atoms with Crippen molar-refractivity contribution in [2.45, 2.75) is 20.0 Å². The van der Waals surface area contributed by atoms with E-state index in [0.717, 1.165) is 22.4 Å². The normalized spacial score (nSPS) is 10.8. The molecule has 0 aliphatic rings. The smallest absolute Gasteiger partial charge is 0.126 e. The Kier molecular flexibility index (Phi) is 4.25. The molecular formula is C17H17FN4. The molecule has 22 heavy (non-hydrogen) atoms. The standard InChI is InChI=1S/C17H17FN4/c1-12-7-13(4-5-16(12)18)8-20-10-15-11-21-22-17(15)14-3-2-6-19-9-14/h2-7,9,11,20H,8,10H2,1H3,(H,21,22). The predicted molar refractivity (Wildman–Crippen MR) is 83.5 cm³/mol. The van der Waals surface area contributed by atoms with Crippen LogP contribution in [0.3, 0.4) is 0 Å². The highest BCUT2D eigenvalue weighted by Crippen LogP contribution is 2.19. The molecule has 3 aromatic rings. The van der Waals surface area contributed by atoms with E-state index in [-0.39, 0.29) is 5.82 Å². The van der Waals surface area contributed by atoms with Gasteiger partial charge < -0.3 is 5.32 Å². The van der Waals surface area contributed by atoms with Crippen LogP contribution in [0, 0.1) is 12.7 Å². The van der Waals surface area contributed by atoms with Gasteiger partial charge in [-0.1, -0.05) is 12.1 Å². The Hall–Kier alpha value is -2.53. The molecule has 3 rings (SSSR count). The summed E-state index contributed by atoms with van der Waals surface area (Å²) in [5.41, 5.74) is 4.78. The molecule has 0 spiro atoms. The predicted octanol–water partition coefficient (Wildman–Crippen LogP) is 3.21. The molecule has 0 aliphatic carbocycles. The summed E-state index contributed by atoms with van der Waals surface area (Å²) in [6.45, 7) is 3.13. The van der Waals surface area contributed by atoms with Gasteiger partial charge in [-0.2, -0.15) is 5.10 Å². The van der Waals surface area contributed by atoms with Gasteiger partial charge in [0.1, 0.15) is 5.82 Å². The summed E-state index contributed by atoms with van der Waals surface area (Å²) in [6, 6.07) is 9.06. The zero-order valence-electron chi connectivity index (χ0n) is 12.3. The number of nitrogens with zero attached hydrogens (tertiary/aromatic N) is 2. The molecule has 2 heterocycles. The second-order valence-electron chi connectivity index (χ2n) is 5.20. The van der Waals surface area contributed by atoms with E-state index in [1.165, 1.54) is 6.07 Å². The van der Waals surface area contributed by atoms with Crippen molar-refractivity contribution in [3.63, 3.8) is 0 Å². The number of hydrogen-bond acceptors (Lipinski definition) is 3. The average molecular weight is 296 g/mol. The lowest BCUT2D eigenvalue weighted by Crippen LogP contribution is -2.13. The van der Waals surface area contributed by atoms with Crippen molar-refractivity contribution in [2.24, 2.45) is 0 Å². The van der Waals surface area contributed by atoms with Crippen molar-refractivity contribution >= 4 is 0 Å². The van der Waals surface area contributed by atoms with Crippen LogP contribution >= 0.6 is 0 Å². The Bertz CT molecular complexity index is 752. The van der Waals surface area contributed by atoms with Gasteiger partial charge in [0.05, 0.1) is 11.9 Å². The Morgan fingerprint density at radius 1 is 1.18 bits per heavy atom. The SMILES string of the molecule is Cc1cc(CNCc2cn[nH]c2-c2cccnc2)ccc1F. The van der Waals surface area contributed by atoms with Crippen LogP contribution in [-0.2, 0) is 13.1 Å². The first kappa shape index (κ1) is 14.4. The quantitative estimate of drug-likeness (QED) is 0.760. The minimum absolute atomic E-state index is 0.169. The van der Waals surface area contributed by atoms with Crippen molar-refractivity contribution < 1.29 is 4.39 Å². The van der Waals surface area contributed by atoms with Crippen molar-refractivity contribution in [1.29, 1.82) is 0 Å². The van der Waals surface area contributed by atoms with Gasteiger partial charge in [-0.25, -0.2) is 4.39 Å². The summed E-state index contributed by atoms with van der Waals surface area (Å²) in [6.07, 6.45) is 5.36. The summed E-state index contributed by atoms with van der Waals surface area (Å²) in [5.74, 6) is -0.169. The number of rotatable bonds is 5. The van der Waals surface area contributed by atoms with E-state index in [1.54, 1.807) is 25.4 Å². The van der Waals surface area contributed by atoms with E-state index in [0.29, 0.717) is 18.7 Å². The summed E-state index contributed by atoms with van der Waals surface area (Å²) < 4.78 is 13.2. The van der Waals surface area contributed by atoms with E-state index in [2.05, 4.69) is 20.5 Å². The van der Waals surface area contributed by atoms with E-state index >= 15 is 0 Å². The van der Waals surface area contributed by atoms with Crippen LogP contribution in [0.2, 0.25) is 0 Å². The molecule has 0 fully saturated rings. The van der Waals surface area contributed by atoms with Gasteiger partial charge in [-0.3, -0.25) is 10.1 Å². The van der Waals surface area contributed by atoms with E-state index in [1.807, 2.05) is 24.4 Å². The molecule has 0 saturated carbocycles. The van der Waals surface area contributed by atoms with Crippen molar-refractivity contribution in [3.8, 4) is 11.3 Å². The maximum absolute atomic E-state index is 13.2. The highest BCUT2D eigenvalue weighted by molar-refractivity contribution is 5.61. The fourth-order valence-electron chi connectivity index (χ4n) is 2.36. The third-order valence-corrected chi connectivity index (χ3v) is 3.53. The Labute approximate surface area is 128 Å². The van der Waals surface area contributed by atoms with Crippen LogP contribution in [0.4, 0.5) is 4.39 Å². The molecule has 0 saturated heterocycles. The van der Waals surface area contributed by atoms with Gasteiger partial charge in [0, 0.05) is 36.6 Å². The third kappa shape index (κ3) is 3.20. The first-order chi connectivity index (χ1) is 10.7. The molecule has 0 amide bonds. The van der Waals surface area contributed by atoms with Crippen LogP contribution in [0.15, 0.2) is 48.9 Å². The lowest BCUT2D eigenvalue weighted by Gasteiger charge is -2.07. The van der Waals surface area contributed by atoms with Crippen LogP contribution in [0.1, 0.15) is 16.7 Å². The van der Waals surface area contributed by atoms with E-state index in [4.69, 9.17) is 0 Å². The monoisotopic (exact) mass is 296 g/mol. The lowest BCUT2D eigenvalue weighted by molar-refractivity contribution is 0.615. The Morgan fingerprint density at radius 2 is 2.09 bits per heavy atom. The number of aromatic nitrogens is 3. The zero-order valence-corrected chi connectivity index (χ0v) is 12.3. The lowest BCUT2D eigenvalue weighted by atomic mass is 10.1. The van der Waals surface area contributed by atoms with Crippen LogP contribution in [0.25, 0.3) is 11.3 Å². The maximum atomic E-state index is 13.2. The van der Waals surface area contributed by atoms with Crippen LogP contribution in [-0.4, -0.2) is 15.2 Å². The largest absolute Gasteiger partial charge is 0.308 e. The number of aromatic amines is 1. The second-order valence-corrected chi connectivity index (χ2v) is 5.20. The molecule has 0 unspecified atom stereocenters. The number of hydrogen-bond donors (Lipinski definition) is 2. The molecule has 1 aromatic carbocycles. The van der Waals surface area contributed by atoms with Crippen LogP contribution in [0.5, 0.6) is 0 Å². The number of nitrogens with one attached hydrogen (secondary N) is 2. The molecule has 112 valence electrons. The fourth-order valence-corrected chi connectivity index (χ4v) is 2.36. The summed E-state index contributed by atoms with van der Waals surface area (Å²) in [5, 5.41) is 10.5. The third-order valence-electron chi connectivity index (χ3n) is 3.53. The highest BCUT2D eigenvalue weighted by atomic mass is 19.1. The van der Waals surface area contributed by atoms with Gasteiger partial charge in [-0.05, 0) is 36.2 Å². The molecule has 5 heteroatoms. The Balaban J connectivity index is 1.65. The minimum Gasteiger partial charge on any atom is -0.308 e. The van der Waals surface area contributed by atoms with Gasteiger partial charge in [0.25, 0.3) is 0 Å². The van der Waals surface area contributed by atoms with E-state index < -0.39 is 0 Å². The molecule has 2 N–H and O–H groups in total. The molecule has 0 bridgehead atoms. The first-order valence-electron chi connectivity index (χ1n) is 7.12. The number of aryl methyl sites for hydroxylation is 1. The van der Waals surface area contributed by atoms with Gasteiger partial charge in [-0.15, -0.1) is 0 Å². The second kappa shape index (κ2) is 6.49. The van der Waals surface area contributed by atoms with E-state index in [9.17, 15) is 4.39 Å². The van der Waals surface area contributed by atoms with Crippen LogP contribution < -0.4 is 5.32 Å². The molecule has 0 atom stereocenters. The van der Waals surface area contributed by atoms with Crippen molar-refractivity contribution in [3.05, 3.63) is 71.4 Å². The summed E-state index contributed by atoms with van der Waals surface area (Å²) in [4.78, 5) is 4.12. The van der Waals surface area contributed by atoms with Gasteiger partial charge in [0.15, 0.2) is 0 Å². The zero-order chi connectivity index (χ0) is 15.4. The molecular weight excluding hydrogens is 279 g/mol. The summed E-state index contributed by atoms with van der Waals surface area (Å²) in [7, 11) is 0. The number of halogens is 1. The molecule has 4 nitrogen and oxygen atoms in total.